The zero-order chi connectivity index (χ0) is 23.4. The molecule has 1 saturated carbocycles. The van der Waals surface area contributed by atoms with Crippen molar-refractivity contribution in [1.29, 1.82) is 0 Å². The molecule has 0 radical (unpaired) electrons. The molecule has 2 aliphatic rings. The lowest BCUT2D eigenvalue weighted by Crippen LogP contribution is -2.47. The number of ether oxygens (including phenoxy) is 1. The highest BCUT2D eigenvalue weighted by atomic mass is 16.5. The zero-order valence-corrected chi connectivity index (χ0v) is 19.8. The monoisotopic (exact) mass is 450 g/mol. The molecule has 0 spiro atoms. The first-order valence-electron chi connectivity index (χ1n) is 11.8. The second-order valence-corrected chi connectivity index (χ2v) is 9.27. The van der Waals surface area contributed by atoms with Crippen molar-refractivity contribution in [2.75, 3.05) is 48.4 Å². The van der Waals surface area contributed by atoms with Gasteiger partial charge in [0.1, 0.15) is 5.75 Å². The smallest absolute Gasteiger partial charge is 0.253 e. The van der Waals surface area contributed by atoms with Crippen LogP contribution in [0.3, 0.4) is 0 Å². The van der Waals surface area contributed by atoms with Crippen molar-refractivity contribution in [2.24, 2.45) is 5.92 Å². The maximum atomic E-state index is 13.1. The molecule has 4 rings (SSSR count). The van der Waals surface area contributed by atoms with Gasteiger partial charge in [0, 0.05) is 50.0 Å². The lowest BCUT2D eigenvalue weighted by molar-refractivity contribution is -0.116. The molecule has 1 heterocycles. The molecule has 0 unspecified atom stereocenters. The topological polar surface area (TPSA) is 73.9 Å². The predicted molar refractivity (Wildman–Crippen MR) is 132 cm³/mol. The third kappa shape index (κ3) is 5.78. The predicted octanol–water partition coefficient (Wildman–Crippen LogP) is 3.90. The van der Waals surface area contributed by atoms with Crippen LogP contribution in [0.1, 0.15) is 43.5 Å². The fraction of sp³-hybridized carbons (Fsp3) is 0.462. The van der Waals surface area contributed by atoms with E-state index in [1.165, 1.54) is 0 Å². The fourth-order valence-electron chi connectivity index (χ4n) is 4.22. The van der Waals surface area contributed by atoms with Crippen LogP contribution in [-0.4, -0.2) is 51.1 Å². The Kier molecular flexibility index (Phi) is 7.06. The van der Waals surface area contributed by atoms with Crippen molar-refractivity contribution in [3.8, 4) is 5.75 Å². The minimum absolute atomic E-state index is 0.0308. The molecule has 7 heteroatoms. The van der Waals surface area contributed by atoms with E-state index in [0.29, 0.717) is 17.7 Å². The second-order valence-electron chi connectivity index (χ2n) is 9.27. The van der Waals surface area contributed by atoms with E-state index in [2.05, 4.69) is 26.5 Å². The number of benzene rings is 2. The third-order valence-corrected chi connectivity index (χ3v) is 6.08. The molecule has 2 amide bonds. The van der Waals surface area contributed by atoms with E-state index >= 15 is 0 Å². The first-order chi connectivity index (χ1) is 15.9. The number of nitrogens with zero attached hydrogens (tertiary/aromatic N) is 2. The average molecular weight is 451 g/mol. The van der Waals surface area contributed by atoms with Gasteiger partial charge in [-0.15, -0.1) is 0 Å². The molecule has 2 fully saturated rings. The van der Waals surface area contributed by atoms with Crippen LogP contribution in [0.2, 0.25) is 0 Å². The fourth-order valence-corrected chi connectivity index (χ4v) is 4.22. The molecule has 2 aromatic rings. The van der Waals surface area contributed by atoms with E-state index in [9.17, 15) is 9.59 Å². The molecule has 1 aliphatic carbocycles. The summed E-state index contributed by atoms with van der Waals surface area (Å²) in [6.07, 6.45) is 2.52. The van der Waals surface area contributed by atoms with E-state index in [0.717, 1.165) is 56.1 Å². The zero-order valence-electron chi connectivity index (χ0n) is 19.8. The molecule has 1 saturated heterocycles. The van der Waals surface area contributed by atoms with Crippen LogP contribution in [0.5, 0.6) is 5.75 Å². The lowest BCUT2D eigenvalue weighted by Gasteiger charge is -2.38. The quantitative estimate of drug-likeness (QED) is 0.638. The SMILES string of the molecule is COc1ccccc1N1CCN(c2ccc(NC(=O)CC(C)C)cc2C(=O)NC2CC2)CC1. The number of para-hydroxylation sites is 2. The maximum Gasteiger partial charge on any atom is 0.253 e. The molecule has 33 heavy (non-hydrogen) atoms. The van der Waals surface area contributed by atoms with Crippen molar-refractivity contribution in [3.05, 3.63) is 48.0 Å². The molecule has 7 nitrogen and oxygen atoms in total. The summed E-state index contributed by atoms with van der Waals surface area (Å²) < 4.78 is 5.53. The van der Waals surface area contributed by atoms with Gasteiger partial charge in [0.2, 0.25) is 5.91 Å². The number of piperazine rings is 1. The number of anilines is 3. The van der Waals surface area contributed by atoms with Gasteiger partial charge >= 0.3 is 0 Å². The Hall–Kier alpha value is -3.22. The molecule has 2 N–H and O–H groups in total. The molecule has 0 aromatic heterocycles. The molecule has 2 aromatic carbocycles. The number of carbonyl (C=O) groups excluding carboxylic acids is 2. The Morgan fingerprint density at radius 1 is 1.00 bits per heavy atom. The Morgan fingerprint density at radius 2 is 1.67 bits per heavy atom. The van der Waals surface area contributed by atoms with Gasteiger partial charge in [-0.05, 0) is 49.1 Å². The Balaban J connectivity index is 1.51. The van der Waals surface area contributed by atoms with E-state index < -0.39 is 0 Å². The Morgan fingerprint density at radius 3 is 2.30 bits per heavy atom. The number of hydrogen-bond acceptors (Lipinski definition) is 5. The summed E-state index contributed by atoms with van der Waals surface area (Å²) in [5.74, 6) is 1.05. The van der Waals surface area contributed by atoms with Crippen LogP contribution in [0, 0.1) is 5.92 Å². The van der Waals surface area contributed by atoms with Crippen LogP contribution >= 0.6 is 0 Å². The number of rotatable bonds is 8. The minimum atomic E-state index is -0.0698. The number of methoxy groups -OCH3 is 1. The summed E-state index contributed by atoms with van der Waals surface area (Å²) in [4.78, 5) is 29.9. The second kappa shape index (κ2) is 10.1. The maximum absolute atomic E-state index is 13.1. The van der Waals surface area contributed by atoms with E-state index in [4.69, 9.17) is 4.74 Å². The molecule has 176 valence electrons. The van der Waals surface area contributed by atoms with Gasteiger partial charge in [0.25, 0.3) is 5.91 Å². The largest absolute Gasteiger partial charge is 0.495 e. The third-order valence-electron chi connectivity index (χ3n) is 6.08. The molecule has 0 bridgehead atoms. The van der Waals surface area contributed by atoms with E-state index in [-0.39, 0.29) is 23.8 Å². The molecule has 0 atom stereocenters. The van der Waals surface area contributed by atoms with Crippen LogP contribution < -0.4 is 25.2 Å². The molecular formula is C26H34N4O3. The van der Waals surface area contributed by atoms with Crippen molar-refractivity contribution in [2.45, 2.75) is 39.2 Å². The van der Waals surface area contributed by atoms with Crippen molar-refractivity contribution in [1.82, 2.24) is 5.32 Å². The van der Waals surface area contributed by atoms with Gasteiger partial charge in [-0.1, -0.05) is 26.0 Å². The van der Waals surface area contributed by atoms with Gasteiger partial charge in [0.05, 0.1) is 18.4 Å². The first kappa shape index (κ1) is 23.0. The van der Waals surface area contributed by atoms with Gasteiger partial charge in [-0.2, -0.15) is 0 Å². The van der Waals surface area contributed by atoms with Gasteiger partial charge in [0.15, 0.2) is 0 Å². The highest BCUT2D eigenvalue weighted by Gasteiger charge is 2.27. The van der Waals surface area contributed by atoms with Gasteiger partial charge in [-0.3, -0.25) is 9.59 Å². The summed E-state index contributed by atoms with van der Waals surface area (Å²) in [7, 11) is 1.70. The van der Waals surface area contributed by atoms with Crippen molar-refractivity contribution < 1.29 is 14.3 Å². The minimum Gasteiger partial charge on any atom is -0.495 e. The highest BCUT2D eigenvalue weighted by Crippen LogP contribution is 2.31. The van der Waals surface area contributed by atoms with Crippen molar-refractivity contribution in [3.63, 3.8) is 0 Å². The summed E-state index contributed by atoms with van der Waals surface area (Å²) in [6.45, 7) is 7.28. The number of hydrogen-bond donors (Lipinski definition) is 2. The molecule has 1 aliphatic heterocycles. The highest BCUT2D eigenvalue weighted by molar-refractivity contribution is 6.02. The lowest BCUT2D eigenvalue weighted by atomic mass is 10.1. The summed E-state index contributed by atoms with van der Waals surface area (Å²) in [5.41, 5.74) is 3.29. The Bertz CT molecular complexity index is 995. The summed E-state index contributed by atoms with van der Waals surface area (Å²) in [6, 6.07) is 14.0. The Labute approximate surface area is 196 Å². The van der Waals surface area contributed by atoms with Crippen LogP contribution in [0.15, 0.2) is 42.5 Å². The van der Waals surface area contributed by atoms with E-state index in [1.54, 1.807) is 7.11 Å². The number of nitrogens with one attached hydrogen (secondary N) is 2. The van der Waals surface area contributed by atoms with Crippen molar-refractivity contribution >= 4 is 28.9 Å². The molecular weight excluding hydrogens is 416 g/mol. The van der Waals surface area contributed by atoms with Gasteiger partial charge in [-0.25, -0.2) is 0 Å². The number of amides is 2. The van der Waals surface area contributed by atoms with Crippen LogP contribution in [0.25, 0.3) is 0 Å². The van der Waals surface area contributed by atoms with Crippen LogP contribution in [-0.2, 0) is 4.79 Å². The van der Waals surface area contributed by atoms with E-state index in [1.807, 2.05) is 50.2 Å². The van der Waals surface area contributed by atoms with Gasteiger partial charge < -0.3 is 25.2 Å². The summed E-state index contributed by atoms with van der Waals surface area (Å²) >= 11 is 0. The first-order valence-corrected chi connectivity index (χ1v) is 11.8. The normalized spacial score (nSPS) is 16.0. The van der Waals surface area contributed by atoms with Crippen LogP contribution in [0.4, 0.5) is 17.1 Å². The standard InChI is InChI=1S/C26H34N4O3/c1-18(2)16-25(31)27-20-10-11-22(21(17-20)26(32)28-19-8-9-19)29-12-14-30(15-13-29)23-6-4-5-7-24(23)33-3/h4-7,10-11,17-19H,8-9,12-16H2,1-3H3,(H,27,31)(H,28,32). The summed E-state index contributed by atoms with van der Waals surface area (Å²) in [5, 5.41) is 6.06. The number of carbonyl (C=O) groups is 2. The average Bonchev–Trinajstić information content (AvgIpc) is 3.62.